The van der Waals surface area contributed by atoms with Crippen LogP contribution in [-0.2, 0) is 16.4 Å². The van der Waals surface area contributed by atoms with Crippen LogP contribution in [-0.4, -0.2) is 39.2 Å². The van der Waals surface area contributed by atoms with Crippen molar-refractivity contribution in [2.75, 3.05) is 14.2 Å². The van der Waals surface area contributed by atoms with E-state index in [-0.39, 0.29) is 38.2 Å². The molecule has 0 atom stereocenters. The van der Waals surface area contributed by atoms with E-state index in [1.807, 2.05) is 24.3 Å². The molecule has 30 heavy (non-hydrogen) atoms. The Balaban J connectivity index is 1.66. The highest BCUT2D eigenvalue weighted by Gasteiger charge is 2.35. The summed E-state index contributed by atoms with van der Waals surface area (Å²) in [5.74, 6) is 0.0220. The Bertz CT molecular complexity index is 1260. The summed E-state index contributed by atoms with van der Waals surface area (Å²) in [4.78, 5) is 27.0. The summed E-state index contributed by atoms with van der Waals surface area (Å²) in [6, 6.07) is 17.7. The van der Waals surface area contributed by atoms with Gasteiger partial charge in [0, 0.05) is 30.3 Å². The first-order valence-electron chi connectivity index (χ1n) is 9.24. The second-order valence-electron chi connectivity index (χ2n) is 7.05. The quantitative estimate of drug-likeness (QED) is 0.505. The van der Waals surface area contributed by atoms with Crippen LogP contribution in [0.5, 0.6) is 5.75 Å². The molecule has 6 nitrogen and oxygen atoms in total. The van der Waals surface area contributed by atoms with Gasteiger partial charge in [-0.15, -0.1) is 0 Å². The Kier molecular flexibility index (Phi) is 4.91. The summed E-state index contributed by atoms with van der Waals surface area (Å²) in [5, 5.41) is 0. The van der Waals surface area contributed by atoms with Crippen LogP contribution in [0.15, 0.2) is 76.5 Å². The van der Waals surface area contributed by atoms with Crippen LogP contribution in [0.4, 0.5) is 0 Å². The molecule has 3 aromatic carbocycles. The Hall–Kier alpha value is -3.45. The molecule has 0 spiro atoms. The molecule has 0 bridgehead atoms. The van der Waals surface area contributed by atoms with Crippen LogP contribution in [0.2, 0.25) is 0 Å². The number of carbonyl (C=O) groups is 2. The molecule has 1 heterocycles. The number of benzene rings is 3. The minimum absolute atomic E-state index is 0.0290. The fourth-order valence-corrected chi connectivity index (χ4v) is 5.19. The number of rotatable bonds is 4. The zero-order valence-electron chi connectivity index (χ0n) is 16.5. The van der Waals surface area contributed by atoms with Crippen molar-refractivity contribution < 1.29 is 22.7 Å². The smallest absolute Gasteiger partial charge is 0.253 e. The third-order valence-corrected chi connectivity index (χ3v) is 6.96. The van der Waals surface area contributed by atoms with E-state index >= 15 is 0 Å². The summed E-state index contributed by atoms with van der Waals surface area (Å²) >= 11 is 0. The largest absolute Gasteiger partial charge is 0.497 e. The van der Waals surface area contributed by atoms with Gasteiger partial charge in [0.1, 0.15) is 5.75 Å². The Morgan fingerprint density at radius 1 is 0.933 bits per heavy atom. The maximum absolute atomic E-state index is 13.0. The van der Waals surface area contributed by atoms with Crippen molar-refractivity contribution in [2.24, 2.45) is 0 Å². The number of ether oxygens (including phenoxy) is 1. The fraction of sp³-hybridized carbons (Fsp3) is 0.130. The molecule has 0 radical (unpaired) electrons. The average Bonchev–Trinajstić information content (AvgIpc) is 2.77. The van der Waals surface area contributed by atoms with Gasteiger partial charge in [-0.2, -0.15) is 0 Å². The number of sulfone groups is 1. The number of amides is 1. The molecule has 1 amide bonds. The van der Waals surface area contributed by atoms with E-state index in [2.05, 4.69) is 0 Å². The molecule has 7 heteroatoms. The number of methoxy groups -OCH3 is 1. The second-order valence-corrected chi connectivity index (χ2v) is 8.94. The number of fused-ring (bicyclic) bond motifs is 2. The Morgan fingerprint density at radius 2 is 1.60 bits per heavy atom. The molecule has 0 saturated carbocycles. The first-order chi connectivity index (χ1) is 14.3. The summed E-state index contributed by atoms with van der Waals surface area (Å²) in [5.41, 5.74) is 1.35. The average molecular weight is 421 g/mol. The van der Waals surface area contributed by atoms with Gasteiger partial charge in [-0.05, 0) is 48.0 Å². The van der Waals surface area contributed by atoms with E-state index in [9.17, 15) is 18.0 Å². The molecule has 4 rings (SSSR count). The van der Waals surface area contributed by atoms with Crippen LogP contribution < -0.4 is 4.74 Å². The number of hydrogen-bond donors (Lipinski definition) is 0. The zero-order valence-corrected chi connectivity index (χ0v) is 17.3. The molecular formula is C23H19NO5S. The van der Waals surface area contributed by atoms with Crippen LogP contribution in [0.25, 0.3) is 0 Å². The standard InChI is InChI=1S/C23H19NO5S/c1-24(14-15-7-10-17(29-2)11-8-15)23(26)16-9-12-19-21(13-16)30(27,28)20-6-4-3-5-18(20)22(19)25/h3-13H,14H2,1-2H3. The highest BCUT2D eigenvalue weighted by atomic mass is 32.2. The van der Waals surface area contributed by atoms with Gasteiger partial charge in [-0.25, -0.2) is 8.42 Å². The lowest BCUT2D eigenvalue weighted by Crippen LogP contribution is -2.27. The monoisotopic (exact) mass is 421 g/mol. The van der Waals surface area contributed by atoms with Gasteiger partial charge in [0.15, 0.2) is 5.78 Å². The van der Waals surface area contributed by atoms with Gasteiger partial charge in [0.05, 0.1) is 16.9 Å². The first-order valence-corrected chi connectivity index (χ1v) is 10.7. The molecule has 0 aliphatic carbocycles. The van der Waals surface area contributed by atoms with E-state index in [0.717, 1.165) is 11.3 Å². The first kappa shape index (κ1) is 19.8. The third kappa shape index (κ3) is 3.27. The van der Waals surface area contributed by atoms with E-state index in [4.69, 9.17) is 4.74 Å². The van der Waals surface area contributed by atoms with Gasteiger partial charge in [-0.3, -0.25) is 9.59 Å². The van der Waals surface area contributed by atoms with Gasteiger partial charge in [-0.1, -0.05) is 24.3 Å². The molecule has 0 unspecified atom stereocenters. The fourth-order valence-electron chi connectivity index (χ4n) is 3.51. The van der Waals surface area contributed by atoms with E-state index < -0.39 is 9.84 Å². The van der Waals surface area contributed by atoms with Crippen LogP contribution in [0.3, 0.4) is 0 Å². The number of hydrogen-bond acceptors (Lipinski definition) is 5. The van der Waals surface area contributed by atoms with Crippen LogP contribution in [0.1, 0.15) is 31.8 Å². The van der Waals surface area contributed by atoms with E-state index in [1.165, 1.54) is 35.2 Å². The van der Waals surface area contributed by atoms with Gasteiger partial charge >= 0.3 is 0 Å². The highest BCUT2D eigenvalue weighted by molar-refractivity contribution is 7.91. The topological polar surface area (TPSA) is 80.8 Å². The normalized spacial score (nSPS) is 13.9. The van der Waals surface area contributed by atoms with Crippen LogP contribution >= 0.6 is 0 Å². The van der Waals surface area contributed by atoms with Crippen molar-refractivity contribution >= 4 is 21.5 Å². The summed E-state index contributed by atoms with van der Waals surface area (Å²) in [6.07, 6.45) is 0. The Labute approximate surface area is 174 Å². The van der Waals surface area contributed by atoms with Crippen molar-refractivity contribution in [3.05, 3.63) is 89.0 Å². The van der Waals surface area contributed by atoms with Gasteiger partial charge in [0.25, 0.3) is 5.91 Å². The summed E-state index contributed by atoms with van der Waals surface area (Å²) < 4.78 is 31.2. The summed E-state index contributed by atoms with van der Waals surface area (Å²) in [6.45, 7) is 0.342. The third-order valence-electron chi connectivity index (χ3n) is 5.11. The summed E-state index contributed by atoms with van der Waals surface area (Å²) in [7, 11) is -0.667. The highest BCUT2D eigenvalue weighted by Crippen LogP contribution is 2.35. The lowest BCUT2D eigenvalue weighted by Gasteiger charge is -2.21. The van der Waals surface area contributed by atoms with Crippen molar-refractivity contribution in [3.63, 3.8) is 0 Å². The van der Waals surface area contributed by atoms with Crippen molar-refractivity contribution in [1.82, 2.24) is 4.90 Å². The van der Waals surface area contributed by atoms with Crippen molar-refractivity contribution in [3.8, 4) is 5.75 Å². The minimum atomic E-state index is -3.89. The maximum Gasteiger partial charge on any atom is 0.253 e. The molecule has 1 aliphatic heterocycles. The molecule has 0 fully saturated rings. The van der Waals surface area contributed by atoms with E-state index in [1.54, 1.807) is 26.3 Å². The van der Waals surface area contributed by atoms with Gasteiger partial charge < -0.3 is 9.64 Å². The van der Waals surface area contributed by atoms with Crippen molar-refractivity contribution in [1.29, 1.82) is 0 Å². The predicted molar refractivity (Wildman–Crippen MR) is 111 cm³/mol. The SMILES string of the molecule is COc1ccc(CN(C)C(=O)c2ccc3c(c2)S(=O)(=O)c2ccccc2C3=O)cc1. The second kappa shape index (κ2) is 7.42. The molecule has 1 aliphatic rings. The van der Waals surface area contributed by atoms with Crippen LogP contribution in [0, 0.1) is 0 Å². The lowest BCUT2D eigenvalue weighted by atomic mass is 10.0. The molecule has 152 valence electrons. The lowest BCUT2D eigenvalue weighted by molar-refractivity contribution is 0.0784. The van der Waals surface area contributed by atoms with E-state index in [0.29, 0.717) is 6.54 Å². The number of ketones is 1. The molecule has 0 aromatic heterocycles. The Morgan fingerprint density at radius 3 is 2.30 bits per heavy atom. The zero-order chi connectivity index (χ0) is 21.5. The minimum Gasteiger partial charge on any atom is -0.497 e. The van der Waals surface area contributed by atoms with Crippen molar-refractivity contribution in [2.45, 2.75) is 16.3 Å². The molecule has 0 N–H and O–H groups in total. The predicted octanol–water partition coefficient (Wildman–Crippen LogP) is 3.34. The molecule has 0 saturated heterocycles. The molecular weight excluding hydrogens is 402 g/mol. The van der Waals surface area contributed by atoms with Gasteiger partial charge in [0.2, 0.25) is 9.84 Å². The molecule has 3 aromatic rings. The maximum atomic E-state index is 13.0. The number of nitrogens with zero attached hydrogens (tertiary/aromatic N) is 1. The number of carbonyl (C=O) groups excluding carboxylic acids is 2.